The molecule has 0 aromatic carbocycles. The van der Waals surface area contributed by atoms with Crippen LogP contribution in [0.5, 0.6) is 0 Å². The van der Waals surface area contributed by atoms with E-state index in [0.29, 0.717) is 37.8 Å². The zero-order valence-corrected chi connectivity index (χ0v) is 14.4. The van der Waals surface area contributed by atoms with E-state index in [-0.39, 0.29) is 23.3 Å². The molecule has 2 aromatic heterocycles. The lowest BCUT2D eigenvalue weighted by Crippen LogP contribution is -2.41. The molecule has 1 atom stereocenters. The molecule has 8 heteroatoms. The Labute approximate surface area is 150 Å². The molecular weight excluding hydrogens is 334 g/mol. The molecule has 4 heterocycles. The molecule has 136 valence electrons. The molecule has 4 rings (SSSR count). The summed E-state index contributed by atoms with van der Waals surface area (Å²) in [5.74, 6) is 0.798. The van der Waals surface area contributed by atoms with Gasteiger partial charge in [0.05, 0.1) is 24.4 Å². The standard InChI is InChI=1S/C18H21N5O3/c24-16-9-14(21-17(22-16)15-10-19-4-5-20-15)12-1-6-23(7-2-12)18(25)13-3-8-26-11-13/h4-5,9-10,12-13H,1-3,6-8,11H2,(H,21,22,24). The van der Waals surface area contributed by atoms with Crippen LogP contribution in [0.25, 0.3) is 11.5 Å². The summed E-state index contributed by atoms with van der Waals surface area (Å²) in [6, 6.07) is 1.55. The molecule has 0 radical (unpaired) electrons. The largest absolute Gasteiger partial charge is 0.381 e. The highest BCUT2D eigenvalue weighted by molar-refractivity contribution is 5.79. The summed E-state index contributed by atoms with van der Waals surface area (Å²) >= 11 is 0. The van der Waals surface area contributed by atoms with Gasteiger partial charge >= 0.3 is 0 Å². The van der Waals surface area contributed by atoms with Gasteiger partial charge in [0.25, 0.3) is 5.56 Å². The van der Waals surface area contributed by atoms with Gasteiger partial charge in [-0.1, -0.05) is 0 Å². The van der Waals surface area contributed by atoms with Crippen LogP contribution < -0.4 is 5.56 Å². The van der Waals surface area contributed by atoms with E-state index in [4.69, 9.17) is 4.74 Å². The SMILES string of the molecule is O=C(C1CCOC1)N1CCC(c2cc(=O)[nH]c(-c3cnccn3)n2)CC1. The molecule has 1 unspecified atom stereocenters. The number of carbonyl (C=O) groups is 1. The number of aromatic nitrogens is 4. The minimum atomic E-state index is -0.197. The third-order valence-electron chi connectivity index (χ3n) is 5.07. The number of nitrogens with one attached hydrogen (secondary N) is 1. The molecule has 2 saturated heterocycles. The monoisotopic (exact) mass is 355 g/mol. The lowest BCUT2D eigenvalue weighted by atomic mass is 9.92. The van der Waals surface area contributed by atoms with Crippen molar-refractivity contribution in [1.29, 1.82) is 0 Å². The number of hydrogen-bond donors (Lipinski definition) is 1. The molecule has 0 spiro atoms. The number of carbonyl (C=O) groups excluding carboxylic acids is 1. The Kier molecular flexibility index (Phi) is 4.75. The maximum absolute atomic E-state index is 12.5. The Morgan fingerprint density at radius 1 is 1.23 bits per heavy atom. The summed E-state index contributed by atoms with van der Waals surface area (Å²) in [5.41, 5.74) is 1.10. The summed E-state index contributed by atoms with van der Waals surface area (Å²) in [6.07, 6.45) is 7.14. The summed E-state index contributed by atoms with van der Waals surface area (Å²) in [7, 11) is 0. The van der Waals surface area contributed by atoms with Crippen LogP contribution in [-0.4, -0.2) is 57.0 Å². The minimum Gasteiger partial charge on any atom is -0.381 e. The average molecular weight is 355 g/mol. The smallest absolute Gasteiger partial charge is 0.251 e. The Balaban J connectivity index is 1.47. The number of nitrogens with zero attached hydrogens (tertiary/aromatic N) is 4. The molecule has 2 fully saturated rings. The molecular formula is C18H21N5O3. The van der Waals surface area contributed by atoms with Crippen molar-refractivity contribution >= 4 is 5.91 Å². The maximum atomic E-state index is 12.5. The maximum Gasteiger partial charge on any atom is 0.251 e. The Morgan fingerprint density at radius 2 is 2.08 bits per heavy atom. The predicted molar refractivity (Wildman–Crippen MR) is 93.4 cm³/mol. The molecule has 1 amide bonds. The summed E-state index contributed by atoms with van der Waals surface area (Å²) in [4.78, 5) is 42.0. The lowest BCUT2D eigenvalue weighted by Gasteiger charge is -2.33. The van der Waals surface area contributed by atoms with Gasteiger partial charge in [0.1, 0.15) is 5.69 Å². The van der Waals surface area contributed by atoms with Gasteiger partial charge in [-0.3, -0.25) is 14.6 Å². The van der Waals surface area contributed by atoms with Crippen LogP contribution in [0.4, 0.5) is 0 Å². The molecule has 2 aromatic rings. The first-order valence-electron chi connectivity index (χ1n) is 8.95. The van der Waals surface area contributed by atoms with Gasteiger partial charge < -0.3 is 14.6 Å². The highest BCUT2D eigenvalue weighted by Crippen LogP contribution is 2.28. The van der Waals surface area contributed by atoms with Gasteiger partial charge in [-0.15, -0.1) is 0 Å². The van der Waals surface area contributed by atoms with E-state index in [2.05, 4.69) is 19.9 Å². The van der Waals surface area contributed by atoms with E-state index in [1.165, 1.54) is 0 Å². The van der Waals surface area contributed by atoms with E-state index in [1.807, 2.05) is 4.90 Å². The third-order valence-corrected chi connectivity index (χ3v) is 5.07. The second-order valence-corrected chi connectivity index (χ2v) is 6.77. The van der Waals surface area contributed by atoms with Gasteiger partial charge in [0.2, 0.25) is 5.91 Å². The quantitative estimate of drug-likeness (QED) is 0.880. The zero-order valence-electron chi connectivity index (χ0n) is 14.4. The van der Waals surface area contributed by atoms with Crippen molar-refractivity contribution in [1.82, 2.24) is 24.8 Å². The molecule has 26 heavy (non-hydrogen) atoms. The van der Waals surface area contributed by atoms with E-state index in [1.54, 1.807) is 24.7 Å². The van der Waals surface area contributed by atoms with Gasteiger partial charge in [0.15, 0.2) is 5.82 Å². The van der Waals surface area contributed by atoms with Crippen LogP contribution in [0.2, 0.25) is 0 Å². The van der Waals surface area contributed by atoms with Crippen LogP contribution in [0.3, 0.4) is 0 Å². The molecule has 8 nitrogen and oxygen atoms in total. The lowest BCUT2D eigenvalue weighted by molar-refractivity contribution is -0.136. The molecule has 0 bridgehead atoms. The number of likely N-dealkylation sites (tertiary alicyclic amines) is 1. The number of rotatable bonds is 3. The number of aromatic amines is 1. The summed E-state index contributed by atoms with van der Waals surface area (Å²) < 4.78 is 5.32. The van der Waals surface area contributed by atoms with Crippen molar-refractivity contribution in [3.05, 3.63) is 40.7 Å². The second-order valence-electron chi connectivity index (χ2n) is 6.77. The first-order valence-corrected chi connectivity index (χ1v) is 8.95. The van der Waals surface area contributed by atoms with E-state index in [9.17, 15) is 9.59 Å². The van der Waals surface area contributed by atoms with E-state index in [0.717, 1.165) is 25.0 Å². The van der Waals surface area contributed by atoms with Crippen molar-refractivity contribution in [2.24, 2.45) is 5.92 Å². The third kappa shape index (κ3) is 3.50. The van der Waals surface area contributed by atoms with Crippen molar-refractivity contribution in [3.63, 3.8) is 0 Å². The predicted octanol–water partition coefficient (Wildman–Crippen LogP) is 0.969. The fraction of sp³-hybridized carbons (Fsp3) is 0.500. The fourth-order valence-corrected chi connectivity index (χ4v) is 3.61. The first kappa shape index (κ1) is 16.8. The van der Waals surface area contributed by atoms with Crippen molar-refractivity contribution in [3.8, 4) is 11.5 Å². The number of hydrogen-bond acceptors (Lipinski definition) is 6. The first-order chi connectivity index (χ1) is 12.7. The highest BCUT2D eigenvalue weighted by atomic mass is 16.5. The summed E-state index contributed by atoms with van der Waals surface area (Å²) in [6.45, 7) is 2.59. The van der Waals surface area contributed by atoms with Gasteiger partial charge in [-0.2, -0.15) is 0 Å². The molecule has 0 aliphatic carbocycles. The summed E-state index contributed by atoms with van der Waals surface area (Å²) in [5, 5.41) is 0. The van der Waals surface area contributed by atoms with Crippen LogP contribution in [0, 0.1) is 5.92 Å². The molecule has 2 aliphatic rings. The second kappa shape index (κ2) is 7.33. The number of amides is 1. The minimum absolute atomic E-state index is 0.00695. The number of H-pyrrole nitrogens is 1. The van der Waals surface area contributed by atoms with Crippen LogP contribution in [0.1, 0.15) is 30.9 Å². The van der Waals surface area contributed by atoms with Gasteiger partial charge in [0, 0.05) is 44.1 Å². The van der Waals surface area contributed by atoms with Crippen LogP contribution >= 0.6 is 0 Å². The number of ether oxygens (including phenoxy) is 1. The molecule has 1 N–H and O–H groups in total. The topological polar surface area (TPSA) is 101 Å². The van der Waals surface area contributed by atoms with Crippen molar-refractivity contribution < 1.29 is 9.53 Å². The molecule has 0 saturated carbocycles. The van der Waals surface area contributed by atoms with E-state index >= 15 is 0 Å². The Hall–Kier alpha value is -2.61. The normalized spacial score (nSPS) is 21.1. The van der Waals surface area contributed by atoms with Crippen molar-refractivity contribution in [2.45, 2.75) is 25.2 Å². The fourth-order valence-electron chi connectivity index (χ4n) is 3.61. The van der Waals surface area contributed by atoms with E-state index < -0.39 is 0 Å². The van der Waals surface area contributed by atoms with Crippen molar-refractivity contribution in [2.75, 3.05) is 26.3 Å². The molecule has 2 aliphatic heterocycles. The highest BCUT2D eigenvalue weighted by Gasteiger charge is 2.31. The van der Waals surface area contributed by atoms with Crippen LogP contribution in [0.15, 0.2) is 29.5 Å². The van der Waals surface area contributed by atoms with Gasteiger partial charge in [-0.05, 0) is 19.3 Å². The zero-order chi connectivity index (χ0) is 17.9. The average Bonchev–Trinajstić information content (AvgIpc) is 3.22. The van der Waals surface area contributed by atoms with Gasteiger partial charge in [-0.25, -0.2) is 9.97 Å². The Bertz CT molecular complexity index is 824. The number of piperidine rings is 1. The van der Waals surface area contributed by atoms with Crippen LogP contribution in [-0.2, 0) is 9.53 Å². The Morgan fingerprint density at radius 3 is 2.77 bits per heavy atom.